The number of thiophene rings is 1. The first-order chi connectivity index (χ1) is 9.95. The van der Waals surface area contributed by atoms with Crippen molar-refractivity contribution in [3.63, 3.8) is 0 Å². The minimum Gasteiger partial charge on any atom is -0.312 e. The second-order valence-corrected chi connectivity index (χ2v) is 9.30. The van der Waals surface area contributed by atoms with Crippen LogP contribution >= 0.6 is 11.3 Å². The molecule has 2 rings (SSSR count). The predicted molar refractivity (Wildman–Crippen MR) is 88.1 cm³/mol. The van der Waals surface area contributed by atoms with Crippen molar-refractivity contribution in [2.45, 2.75) is 56.8 Å². The highest BCUT2D eigenvalue weighted by molar-refractivity contribution is 7.91. The Morgan fingerprint density at radius 2 is 2.10 bits per heavy atom. The topological polar surface area (TPSA) is 49.4 Å². The van der Waals surface area contributed by atoms with Gasteiger partial charge in [-0.25, -0.2) is 8.42 Å². The molecule has 0 saturated heterocycles. The molecule has 1 heterocycles. The lowest BCUT2D eigenvalue weighted by atomic mass is 10.3. The third kappa shape index (κ3) is 4.52. The highest BCUT2D eigenvalue weighted by Gasteiger charge is 2.34. The minimum absolute atomic E-state index is 0.0133. The van der Waals surface area contributed by atoms with E-state index in [9.17, 15) is 8.42 Å². The molecule has 1 aliphatic carbocycles. The van der Waals surface area contributed by atoms with Crippen molar-refractivity contribution in [2.24, 2.45) is 5.92 Å². The summed E-state index contributed by atoms with van der Waals surface area (Å²) in [5.41, 5.74) is 0. The van der Waals surface area contributed by atoms with Crippen LogP contribution in [0.15, 0.2) is 16.3 Å². The summed E-state index contributed by atoms with van der Waals surface area (Å²) in [5.74, 6) is 0.563. The molecule has 1 N–H and O–H groups in total. The molecular formula is C15H26N2O2S2. The van der Waals surface area contributed by atoms with Gasteiger partial charge in [-0.05, 0) is 57.7 Å². The van der Waals surface area contributed by atoms with E-state index in [0.29, 0.717) is 16.7 Å². The Morgan fingerprint density at radius 1 is 1.38 bits per heavy atom. The van der Waals surface area contributed by atoms with Gasteiger partial charge in [-0.15, -0.1) is 11.3 Å². The van der Waals surface area contributed by atoms with Crippen LogP contribution in [-0.2, 0) is 16.6 Å². The average Bonchev–Trinajstić information content (AvgIpc) is 3.12. The second kappa shape index (κ2) is 7.22. The Morgan fingerprint density at radius 3 is 2.67 bits per heavy atom. The van der Waals surface area contributed by atoms with E-state index >= 15 is 0 Å². The monoisotopic (exact) mass is 330 g/mol. The molecule has 0 bridgehead atoms. The van der Waals surface area contributed by atoms with Crippen LogP contribution in [0.3, 0.4) is 0 Å². The summed E-state index contributed by atoms with van der Waals surface area (Å²) in [7, 11) is -3.34. The van der Waals surface area contributed by atoms with Crippen molar-refractivity contribution in [1.82, 2.24) is 9.62 Å². The van der Waals surface area contributed by atoms with Crippen LogP contribution < -0.4 is 5.32 Å². The lowest BCUT2D eigenvalue weighted by Crippen LogP contribution is -2.38. The molecule has 1 aliphatic rings. The Kier molecular flexibility index (Phi) is 5.82. The first-order valence-corrected chi connectivity index (χ1v) is 10.0. The summed E-state index contributed by atoms with van der Waals surface area (Å²) >= 11 is 1.39. The average molecular weight is 331 g/mol. The maximum atomic E-state index is 12.8. The molecule has 0 unspecified atom stereocenters. The van der Waals surface area contributed by atoms with E-state index in [4.69, 9.17) is 0 Å². The molecule has 120 valence electrons. The van der Waals surface area contributed by atoms with Crippen molar-refractivity contribution in [2.75, 3.05) is 13.1 Å². The smallest absolute Gasteiger partial charge is 0.252 e. The third-order valence-corrected chi connectivity index (χ3v) is 7.23. The fraction of sp³-hybridized carbons (Fsp3) is 0.733. The Hall–Kier alpha value is -0.430. The fourth-order valence-electron chi connectivity index (χ4n) is 2.24. The van der Waals surface area contributed by atoms with E-state index in [1.807, 2.05) is 19.9 Å². The van der Waals surface area contributed by atoms with E-state index in [0.717, 1.165) is 37.2 Å². The quantitative estimate of drug-likeness (QED) is 0.708. The molecule has 1 fully saturated rings. The van der Waals surface area contributed by atoms with Gasteiger partial charge in [0.25, 0.3) is 10.0 Å². The van der Waals surface area contributed by atoms with E-state index in [1.165, 1.54) is 11.3 Å². The molecule has 1 aromatic rings. The van der Waals surface area contributed by atoms with Gasteiger partial charge < -0.3 is 5.32 Å². The highest BCUT2D eigenvalue weighted by Crippen LogP contribution is 2.33. The number of rotatable bonds is 9. The summed E-state index contributed by atoms with van der Waals surface area (Å²) < 4.78 is 27.7. The van der Waals surface area contributed by atoms with Gasteiger partial charge in [0.15, 0.2) is 0 Å². The second-order valence-electron chi connectivity index (χ2n) is 6.01. The van der Waals surface area contributed by atoms with Gasteiger partial charge >= 0.3 is 0 Å². The van der Waals surface area contributed by atoms with Gasteiger partial charge in [0.1, 0.15) is 4.21 Å². The summed E-state index contributed by atoms with van der Waals surface area (Å²) in [5, 5.41) is 3.31. The molecule has 0 atom stereocenters. The first-order valence-electron chi connectivity index (χ1n) is 7.76. The van der Waals surface area contributed by atoms with E-state index < -0.39 is 10.0 Å². The molecule has 0 aliphatic heterocycles. The van der Waals surface area contributed by atoms with Crippen molar-refractivity contribution < 1.29 is 8.42 Å². The Balaban J connectivity index is 2.09. The first kappa shape index (κ1) is 16.9. The van der Waals surface area contributed by atoms with Gasteiger partial charge in [0.2, 0.25) is 0 Å². The van der Waals surface area contributed by atoms with E-state index in [2.05, 4.69) is 12.2 Å². The maximum absolute atomic E-state index is 12.8. The fourth-order valence-corrected chi connectivity index (χ4v) is 5.40. The van der Waals surface area contributed by atoms with Crippen LogP contribution in [0.4, 0.5) is 0 Å². The van der Waals surface area contributed by atoms with Crippen LogP contribution in [0.25, 0.3) is 0 Å². The molecule has 1 aromatic heterocycles. The zero-order valence-corrected chi connectivity index (χ0v) is 14.8. The zero-order chi connectivity index (χ0) is 15.5. The van der Waals surface area contributed by atoms with Crippen LogP contribution in [-0.4, -0.2) is 31.9 Å². The van der Waals surface area contributed by atoms with Crippen molar-refractivity contribution in [3.8, 4) is 0 Å². The molecule has 6 heteroatoms. The Labute approximate surface area is 132 Å². The van der Waals surface area contributed by atoms with Crippen molar-refractivity contribution in [1.29, 1.82) is 0 Å². The molecule has 0 aromatic carbocycles. The van der Waals surface area contributed by atoms with Crippen molar-refractivity contribution in [3.05, 3.63) is 17.0 Å². The molecule has 4 nitrogen and oxygen atoms in total. The van der Waals surface area contributed by atoms with Gasteiger partial charge in [-0.3, -0.25) is 0 Å². The molecular weight excluding hydrogens is 304 g/mol. The normalized spacial score (nSPS) is 16.0. The van der Waals surface area contributed by atoms with Crippen LogP contribution in [0, 0.1) is 5.92 Å². The van der Waals surface area contributed by atoms with Crippen LogP contribution in [0.1, 0.15) is 44.9 Å². The molecule has 0 radical (unpaired) electrons. The lowest BCUT2D eigenvalue weighted by molar-refractivity contribution is 0.342. The summed E-state index contributed by atoms with van der Waals surface area (Å²) in [6, 6.07) is 3.69. The molecule has 0 amide bonds. The van der Waals surface area contributed by atoms with E-state index in [-0.39, 0.29) is 6.04 Å². The third-order valence-electron chi connectivity index (χ3n) is 3.64. The summed E-state index contributed by atoms with van der Waals surface area (Å²) in [6.07, 6.45) is 3.41. The van der Waals surface area contributed by atoms with Gasteiger partial charge in [-0.2, -0.15) is 4.31 Å². The summed E-state index contributed by atoms with van der Waals surface area (Å²) in [4.78, 5) is 1.08. The predicted octanol–water partition coefficient (Wildman–Crippen LogP) is 3.06. The van der Waals surface area contributed by atoms with Crippen molar-refractivity contribution >= 4 is 21.4 Å². The van der Waals surface area contributed by atoms with Gasteiger partial charge in [0.05, 0.1) is 0 Å². The molecule has 0 spiro atoms. The van der Waals surface area contributed by atoms with E-state index in [1.54, 1.807) is 10.4 Å². The Bertz CT molecular complexity index is 548. The van der Waals surface area contributed by atoms with Gasteiger partial charge in [-0.1, -0.05) is 6.92 Å². The van der Waals surface area contributed by atoms with Crippen LogP contribution in [0.2, 0.25) is 0 Å². The van der Waals surface area contributed by atoms with Crippen LogP contribution in [0.5, 0.6) is 0 Å². The zero-order valence-electron chi connectivity index (χ0n) is 13.1. The standard InChI is InChI=1S/C15H26N2O2S2/c1-4-9-16-10-14-7-8-15(20-14)21(18,19)17(12(2)3)11-13-5-6-13/h7-8,12-13,16H,4-6,9-11H2,1-3H3. The largest absolute Gasteiger partial charge is 0.312 e. The number of nitrogens with one attached hydrogen (secondary N) is 1. The lowest BCUT2D eigenvalue weighted by Gasteiger charge is -2.25. The highest BCUT2D eigenvalue weighted by atomic mass is 32.2. The molecule has 1 saturated carbocycles. The summed E-state index contributed by atoms with van der Waals surface area (Å²) in [6.45, 7) is 8.41. The number of sulfonamides is 1. The van der Waals surface area contributed by atoms with Gasteiger partial charge in [0, 0.05) is 24.0 Å². The maximum Gasteiger partial charge on any atom is 0.252 e. The minimum atomic E-state index is -3.34. The number of hydrogen-bond acceptors (Lipinski definition) is 4. The molecule has 21 heavy (non-hydrogen) atoms. The number of hydrogen-bond donors (Lipinski definition) is 1. The SMILES string of the molecule is CCCNCc1ccc(S(=O)(=O)N(CC2CC2)C(C)C)s1. The number of nitrogens with zero attached hydrogens (tertiary/aromatic N) is 1.